The van der Waals surface area contributed by atoms with E-state index in [0.717, 1.165) is 32.6 Å². The van der Waals surface area contributed by atoms with Crippen molar-refractivity contribution >= 4 is 48.3 Å². The van der Waals surface area contributed by atoms with Crippen molar-refractivity contribution in [2.45, 2.75) is 90.0 Å². The van der Waals surface area contributed by atoms with Crippen LogP contribution in [-0.4, -0.2) is 85.4 Å². The Kier molecular flexibility index (Phi) is 16.6. The number of carbonyl (C=O) groups excluding carboxylic acids is 5. The molecule has 16 nitrogen and oxygen atoms in total. The fourth-order valence-electron chi connectivity index (χ4n) is 4.52. The van der Waals surface area contributed by atoms with Gasteiger partial charge in [0, 0.05) is 56.0 Å². The van der Waals surface area contributed by atoms with Crippen molar-refractivity contribution < 1.29 is 62.1 Å². The van der Waals surface area contributed by atoms with Gasteiger partial charge in [-0.1, -0.05) is 13.0 Å². The zero-order chi connectivity index (χ0) is 36.7. The molecule has 0 radical (unpaired) electrons. The quantitative estimate of drug-likeness (QED) is 0.0471. The fraction of sp³-hybridized carbons (Fsp3) is 0.531. The number of rotatable bonds is 16. The molecule has 1 saturated heterocycles. The van der Waals surface area contributed by atoms with Gasteiger partial charge in [0.2, 0.25) is 18.9 Å². The van der Waals surface area contributed by atoms with Crippen LogP contribution < -0.4 is 5.32 Å². The molecular weight excluding hydrogens is 668 g/mol. The number of allylic oxidation sites excluding steroid dienone is 3. The molecule has 1 amide bonds. The maximum Gasteiger partial charge on any atom is 0.411 e. The van der Waals surface area contributed by atoms with Gasteiger partial charge < -0.3 is 33.2 Å². The predicted octanol–water partition coefficient (Wildman–Crippen LogP) is 4.15. The zero-order valence-corrected chi connectivity index (χ0v) is 29.0. The Balaban J connectivity index is 2.42. The maximum atomic E-state index is 12.3. The molecule has 0 bridgehead atoms. The average Bonchev–Trinajstić information content (AvgIpc) is 3.00. The van der Waals surface area contributed by atoms with Gasteiger partial charge in [-0.25, -0.2) is 4.79 Å². The largest absolute Gasteiger partial charge is 0.465 e. The molecule has 0 aliphatic carbocycles. The minimum atomic E-state index is -1.51. The van der Waals surface area contributed by atoms with Gasteiger partial charge in [-0.05, 0) is 48.8 Å². The van der Waals surface area contributed by atoms with Crippen molar-refractivity contribution in [1.82, 2.24) is 0 Å². The van der Waals surface area contributed by atoms with E-state index in [0.29, 0.717) is 11.3 Å². The Bertz CT molecular complexity index is 1400. The number of amides is 1. The molecule has 0 saturated carbocycles. The minimum Gasteiger partial charge on any atom is -0.465 e. The van der Waals surface area contributed by atoms with E-state index in [1.54, 1.807) is 44.2 Å². The van der Waals surface area contributed by atoms with Crippen LogP contribution >= 0.6 is 12.6 Å². The number of thiol groups is 1. The molecular formula is C32H42N2O14S. The highest BCUT2D eigenvalue weighted by atomic mass is 32.1. The molecule has 1 aliphatic heterocycles. The van der Waals surface area contributed by atoms with Crippen molar-refractivity contribution in [3.8, 4) is 0 Å². The number of hydrogen-bond acceptors (Lipinski definition) is 15. The lowest BCUT2D eigenvalue weighted by Gasteiger charge is -2.44. The SMILES string of the molecule is CC(=O)OCC1O[C@@H](O/C(=C/C=C(\C)COC(=O)Nc2ccc(S)cc2)CC(C)CC[N+](=O)[O-])[C@@H](OC(C)=O)C(OC(C)=O)[C@H]1OC(C)=O. The number of carbonyl (C=O) groups is 5. The molecule has 6 atom stereocenters. The number of anilines is 1. The van der Waals surface area contributed by atoms with Crippen LogP contribution in [0.3, 0.4) is 0 Å². The van der Waals surface area contributed by atoms with Gasteiger partial charge in [0.05, 0.1) is 0 Å². The molecule has 3 unspecified atom stereocenters. The highest BCUT2D eigenvalue weighted by Gasteiger charge is 2.53. The summed E-state index contributed by atoms with van der Waals surface area (Å²) in [6, 6.07) is 6.72. The van der Waals surface area contributed by atoms with Crippen molar-refractivity contribution in [2.75, 3.05) is 25.1 Å². The molecule has 49 heavy (non-hydrogen) atoms. The van der Waals surface area contributed by atoms with Gasteiger partial charge >= 0.3 is 30.0 Å². The Labute approximate surface area is 288 Å². The Hall–Kier alpha value is -4.64. The third-order valence-corrected chi connectivity index (χ3v) is 6.97. The van der Waals surface area contributed by atoms with Crippen molar-refractivity contribution in [1.29, 1.82) is 0 Å². The molecule has 1 heterocycles. The lowest BCUT2D eigenvalue weighted by atomic mass is 9.97. The molecule has 1 aliphatic rings. The fourth-order valence-corrected chi connectivity index (χ4v) is 4.67. The van der Waals surface area contributed by atoms with Gasteiger partial charge in [0.1, 0.15) is 25.1 Å². The topological polar surface area (TPSA) is 205 Å². The second kappa shape index (κ2) is 20.0. The van der Waals surface area contributed by atoms with Crippen LogP contribution in [-0.2, 0) is 52.3 Å². The average molecular weight is 711 g/mol. The van der Waals surface area contributed by atoms with Crippen LogP contribution in [0.15, 0.2) is 52.6 Å². The third-order valence-electron chi connectivity index (χ3n) is 6.67. The summed E-state index contributed by atoms with van der Waals surface area (Å²) in [4.78, 5) is 71.6. The summed E-state index contributed by atoms with van der Waals surface area (Å²) in [6.45, 7) is 7.02. The van der Waals surface area contributed by atoms with Crippen LogP contribution in [0.1, 0.15) is 54.4 Å². The van der Waals surface area contributed by atoms with Gasteiger partial charge in [-0.2, -0.15) is 0 Å². The molecule has 1 aromatic carbocycles. The first-order valence-electron chi connectivity index (χ1n) is 15.2. The summed E-state index contributed by atoms with van der Waals surface area (Å²) in [5.41, 5.74) is 1.08. The first kappa shape index (κ1) is 40.5. The Morgan fingerprint density at radius 1 is 0.878 bits per heavy atom. The van der Waals surface area contributed by atoms with Crippen LogP contribution in [0.5, 0.6) is 0 Å². The summed E-state index contributed by atoms with van der Waals surface area (Å²) >= 11 is 4.20. The molecule has 0 spiro atoms. The van der Waals surface area contributed by atoms with Crippen molar-refractivity contribution in [3.05, 3.63) is 57.9 Å². The summed E-state index contributed by atoms with van der Waals surface area (Å²) in [6.07, 6.45) is -4.33. The molecule has 2 rings (SSSR count). The summed E-state index contributed by atoms with van der Waals surface area (Å²) in [7, 11) is 0. The number of nitrogens with one attached hydrogen (secondary N) is 1. The van der Waals surface area contributed by atoms with Crippen LogP contribution in [0, 0.1) is 16.0 Å². The van der Waals surface area contributed by atoms with Gasteiger partial charge in [-0.15, -0.1) is 12.6 Å². The highest BCUT2D eigenvalue weighted by molar-refractivity contribution is 7.80. The van der Waals surface area contributed by atoms with E-state index in [9.17, 15) is 34.1 Å². The van der Waals surface area contributed by atoms with Gasteiger partial charge in [0.15, 0.2) is 12.2 Å². The molecule has 1 aromatic rings. The van der Waals surface area contributed by atoms with Crippen LogP contribution in [0.25, 0.3) is 0 Å². The van der Waals surface area contributed by atoms with E-state index in [4.69, 9.17) is 33.2 Å². The maximum absolute atomic E-state index is 12.3. The number of ether oxygens (including phenoxy) is 7. The van der Waals surface area contributed by atoms with Gasteiger partial charge in [-0.3, -0.25) is 34.6 Å². The molecule has 0 aromatic heterocycles. The van der Waals surface area contributed by atoms with Crippen molar-refractivity contribution in [3.63, 3.8) is 0 Å². The predicted molar refractivity (Wildman–Crippen MR) is 174 cm³/mol. The van der Waals surface area contributed by atoms with E-state index >= 15 is 0 Å². The monoisotopic (exact) mass is 710 g/mol. The van der Waals surface area contributed by atoms with E-state index in [-0.39, 0.29) is 37.7 Å². The first-order valence-corrected chi connectivity index (χ1v) is 15.7. The number of nitrogens with zero attached hydrogens (tertiary/aromatic N) is 1. The molecule has 17 heteroatoms. The normalized spacial score (nSPS) is 21.4. The van der Waals surface area contributed by atoms with E-state index < -0.39 is 72.2 Å². The zero-order valence-electron chi connectivity index (χ0n) is 28.1. The van der Waals surface area contributed by atoms with Gasteiger partial charge in [0.25, 0.3) is 0 Å². The minimum absolute atomic E-state index is 0.115. The number of esters is 4. The third kappa shape index (κ3) is 15.4. The number of hydrogen-bond donors (Lipinski definition) is 2. The second-order valence-corrected chi connectivity index (χ2v) is 11.8. The first-order chi connectivity index (χ1) is 23.0. The number of nitro groups is 1. The summed E-state index contributed by atoms with van der Waals surface area (Å²) < 4.78 is 38.9. The Morgan fingerprint density at radius 2 is 1.47 bits per heavy atom. The van der Waals surface area contributed by atoms with E-state index in [1.807, 2.05) is 0 Å². The van der Waals surface area contributed by atoms with Crippen molar-refractivity contribution in [2.24, 2.45) is 5.92 Å². The van der Waals surface area contributed by atoms with E-state index in [1.165, 1.54) is 6.08 Å². The van der Waals surface area contributed by atoms with E-state index in [2.05, 4.69) is 17.9 Å². The summed E-state index contributed by atoms with van der Waals surface area (Å²) in [5, 5.41) is 13.6. The smallest absolute Gasteiger partial charge is 0.411 e. The molecule has 1 N–H and O–H groups in total. The standard InChI is InChI=1S/C32H42N2O14S/c1-18(13-14-34(40)41)15-25(10-7-19(2)16-43-32(39)33-24-8-11-26(49)12-9-24)47-31-30(46-23(6)38)29(45-22(5)37)28(44-21(4)36)27(48-31)17-42-20(3)35/h7-12,18,27-31,49H,13-17H2,1-6H3,(H,33,39)/b19-7+,25-10+/t18?,27?,28-,29?,30-,31+/m0/s1. The lowest BCUT2D eigenvalue weighted by Crippen LogP contribution is -2.62. The summed E-state index contributed by atoms with van der Waals surface area (Å²) in [5.74, 6) is -3.17. The highest BCUT2D eigenvalue weighted by Crippen LogP contribution is 2.32. The molecule has 1 fully saturated rings. The lowest BCUT2D eigenvalue weighted by molar-refractivity contribution is -0.481. The number of benzene rings is 1. The Morgan fingerprint density at radius 3 is 2.04 bits per heavy atom. The molecule has 270 valence electrons. The van der Waals surface area contributed by atoms with Crippen LogP contribution in [0.2, 0.25) is 0 Å². The second-order valence-electron chi connectivity index (χ2n) is 11.2. The van der Waals surface area contributed by atoms with Crippen LogP contribution in [0.4, 0.5) is 10.5 Å².